The van der Waals surface area contributed by atoms with E-state index in [1.54, 1.807) is 30.5 Å². The molecule has 0 spiro atoms. The van der Waals surface area contributed by atoms with E-state index in [2.05, 4.69) is 47.6 Å². The van der Waals surface area contributed by atoms with Crippen LogP contribution in [0.15, 0.2) is 79.0 Å². The minimum absolute atomic E-state index is 0.150. The van der Waals surface area contributed by atoms with Crippen LogP contribution in [0.3, 0.4) is 0 Å². The van der Waals surface area contributed by atoms with Crippen molar-refractivity contribution in [1.29, 1.82) is 0 Å². The minimum Gasteiger partial charge on any atom is -0.508 e. The number of phenols is 1. The summed E-state index contributed by atoms with van der Waals surface area (Å²) >= 11 is 0. The van der Waals surface area contributed by atoms with E-state index in [1.807, 2.05) is 22.9 Å². The first-order chi connectivity index (χ1) is 19.9. The molecule has 8 heteroatoms. The number of hydrogen-bond acceptors (Lipinski definition) is 6. The highest BCUT2D eigenvalue weighted by Crippen LogP contribution is 2.22. The normalized spacial score (nSPS) is 11.8. The number of nitrogens with two attached hydrogens (primary N) is 1. The highest BCUT2D eigenvalue weighted by atomic mass is 16.3. The summed E-state index contributed by atoms with van der Waals surface area (Å²) in [6.07, 6.45) is 8.92. The third-order valence-electron chi connectivity index (χ3n) is 7.04. The molecule has 0 aliphatic heterocycles. The summed E-state index contributed by atoms with van der Waals surface area (Å²) in [5.74, 6) is -0.659. The van der Waals surface area contributed by atoms with Crippen LogP contribution in [0.5, 0.6) is 5.75 Å². The van der Waals surface area contributed by atoms with Crippen molar-refractivity contribution in [3.8, 4) is 22.8 Å². The van der Waals surface area contributed by atoms with E-state index in [1.165, 1.54) is 18.4 Å². The molecule has 0 bridgehead atoms. The lowest BCUT2D eigenvalue weighted by Crippen LogP contribution is -2.44. The molecular formula is C33H39N5O3. The number of phenolic OH excluding ortho intramolecular Hbond substituents is 1. The Labute approximate surface area is 241 Å². The molecule has 4 aromatic rings. The number of hydrogen-bond donors (Lipinski definition) is 3. The van der Waals surface area contributed by atoms with Crippen molar-refractivity contribution in [3.63, 3.8) is 0 Å². The molecule has 1 atom stereocenters. The van der Waals surface area contributed by atoms with Crippen molar-refractivity contribution in [1.82, 2.24) is 20.1 Å². The Hall–Kier alpha value is -4.30. The molecule has 0 aliphatic rings. The Bertz CT molecular complexity index is 1400. The topological polar surface area (TPSA) is 123 Å². The smallest absolute Gasteiger partial charge is 0.243 e. The highest BCUT2D eigenvalue weighted by molar-refractivity contribution is 5.97. The quantitative estimate of drug-likeness (QED) is 0.182. The number of nitrogens with one attached hydrogen (secondary N) is 1. The molecule has 8 nitrogen and oxygen atoms in total. The second-order valence-electron chi connectivity index (χ2n) is 10.4. The summed E-state index contributed by atoms with van der Waals surface area (Å²) in [5, 5.41) is 16.7. The van der Waals surface area contributed by atoms with Crippen molar-refractivity contribution in [3.05, 3.63) is 95.8 Å². The number of nitrogens with zero attached hydrogens (tertiary/aromatic N) is 3. The van der Waals surface area contributed by atoms with Crippen LogP contribution >= 0.6 is 0 Å². The van der Waals surface area contributed by atoms with Gasteiger partial charge in [-0.2, -0.15) is 5.10 Å². The number of amides is 2. The van der Waals surface area contributed by atoms with Gasteiger partial charge < -0.3 is 10.8 Å². The molecule has 0 saturated heterocycles. The predicted molar refractivity (Wildman–Crippen MR) is 161 cm³/mol. The van der Waals surface area contributed by atoms with E-state index in [0.717, 1.165) is 54.0 Å². The largest absolute Gasteiger partial charge is 0.508 e. The number of imide groups is 1. The number of carbonyl (C=O) groups excluding carboxylic acids is 2. The fourth-order valence-electron chi connectivity index (χ4n) is 4.69. The average Bonchev–Trinajstić information content (AvgIpc) is 3.42. The molecular weight excluding hydrogens is 514 g/mol. The number of aryl methyl sites for hydroxylation is 2. The summed E-state index contributed by atoms with van der Waals surface area (Å²) < 4.78 is 1.99. The maximum atomic E-state index is 12.3. The second-order valence-corrected chi connectivity index (χ2v) is 10.4. The zero-order chi connectivity index (χ0) is 29.0. The van der Waals surface area contributed by atoms with Crippen molar-refractivity contribution in [2.75, 3.05) is 0 Å². The fraction of sp³-hybridized carbons (Fsp3) is 0.333. The lowest BCUT2D eigenvalue weighted by molar-refractivity contribution is -0.131. The van der Waals surface area contributed by atoms with E-state index in [0.29, 0.717) is 6.42 Å². The van der Waals surface area contributed by atoms with Crippen LogP contribution < -0.4 is 11.1 Å². The summed E-state index contributed by atoms with van der Waals surface area (Å²) in [6.45, 7) is 2.20. The van der Waals surface area contributed by atoms with Gasteiger partial charge in [-0.05, 0) is 92.1 Å². The summed E-state index contributed by atoms with van der Waals surface area (Å²) in [5.41, 5.74) is 11.9. The van der Waals surface area contributed by atoms with Gasteiger partial charge in [0.1, 0.15) is 11.4 Å². The molecule has 2 aromatic carbocycles. The van der Waals surface area contributed by atoms with Crippen LogP contribution in [0.2, 0.25) is 0 Å². The molecule has 0 aliphatic carbocycles. The number of unbranched alkanes of at least 4 members (excludes halogenated alkanes) is 3. The van der Waals surface area contributed by atoms with E-state index in [-0.39, 0.29) is 24.5 Å². The van der Waals surface area contributed by atoms with Crippen LogP contribution in [0.25, 0.3) is 17.1 Å². The van der Waals surface area contributed by atoms with Gasteiger partial charge in [-0.1, -0.05) is 50.1 Å². The predicted octanol–water partition coefficient (Wildman–Crippen LogP) is 5.30. The van der Waals surface area contributed by atoms with Gasteiger partial charge in [0.15, 0.2) is 0 Å². The molecule has 2 aromatic heterocycles. The first kappa shape index (κ1) is 29.7. The Balaban J connectivity index is 1.29. The maximum Gasteiger partial charge on any atom is 0.243 e. The van der Waals surface area contributed by atoms with E-state index in [4.69, 9.17) is 10.8 Å². The second kappa shape index (κ2) is 14.9. The molecule has 214 valence electrons. The maximum absolute atomic E-state index is 12.3. The third-order valence-corrected chi connectivity index (χ3v) is 7.04. The van der Waals surface area contributed by atoms with Gasteiger partial charge in [-0.3, -0.25) is 19.9 Å². The molecule has 0 saturated carbocycles. The number of aromatic hydroxyl groups is 1. The Morgan fingerprint density at radius 3 is 2.37 bits per heavy atom. The van der Waals surface area contributed by atoms with E-state index < -0.39 is 11.9 Å². The number of carbonyl (C=O) groups is 2. The Kier molecular flexibility index (Phi) is 10.8. The summed E-state index contributed by atoms with van der Waals surface area (Å²) in [6, 6.07) is 22.2. The molecule has 2 heterocycles. The monoisotopic (exact) mass is 553 g/mol. The lowest BCUT2D eigenvalue weighted by atomic mass is 10.1. The summed E-state index contributed by atoms with van der Waals surface area (Å²) in [7, 11) is 0. The average molecular weight is 554 g/mol. The lowest BCUT2D eigenvalue weighted by Gasteiger charge is -2.12. The molecule has 41 heavy (non-hydrogen) atoms. The zero-order valence-electron chi connectivity index (χ0n) is 23.6. The van der Waals surface area contributed by atoms with Gasteiger partial charge in [0.25, 0.3) is 0 Å². The van der Waals surface area contributed by atoms with E-state index in [9.17, 15) is 14.7 Å². The van der Waals surface area contributed by atoms with Crippen molar-refractivity contribution >= 4 is 11.8 Å². The SMILES string of the molecule is CCCCc1ccc(-n2nc(-c3ccccn3)cc2CCCCCC(=O)NC(=O)[C@@H](N)Cc2ccc(O)cc2)cc1. The van der Waals surface area contributed by atoms with Crippen LogP contribution in [0.4, 0.5) is 0 Å². The first-order valence-electron chi connectivity index (χ1n) is 14.4. The Morgan fingerprint density at radius 1 is 0.902 bits per heavy atom. The standard InChI is InChI=1S/C33H39N5O3/c1-2-3-9-24-13-17-26(18-14-24)38-27(23-31(37-38)30-11-7-8-21-35-30)10-5-4-6-12-32(40)36-33(41)29(34)22-25-15-19-28(39)20-16-25/h7-8,11,13-21,23,29,39H,2-6,9-10,12,22,34H2,1H3,(H,36,40,41)/t29-/m0/s1. The van der Waals surface area contributed by atoms with Crippen molar-refractivity contribution in [2.24, 2.45) is 5.73 Å². The Morgan fingerprint density at radius 2 is 1.66 bits per heavy atom. The van der Waals surface area contributed by atoms with Gasteiger partial charge in [0.2, 0.25) is 11.8 Å². The fourth-order valence-corrected chi connectivity index (χ4v) is 4.69. The minimum atomic E-state index is -0.835. The van der Waals surface area contributed by atoms with Gasteiger partial charge in [0.05, 0.1) is 17.4 Å². The van der Waals surface area contributed by atoms with Gasteiger partial charge >= 0.3 is 0 Å². The third kappa shape index (κ3) is 8.85. The number of pyridine rings is 1. The highest BCUT2D eigenvalue weighted by Gasteiger charge is 2.17. The molecule has 0 unspecified atom stereocenters. The number of benzene rings is 2. The molecule has 4 N–H and O–H groups in total. The van der Waals surface area contributed by atoms with E-state index >= 15 is 0 Å². The van der Waals surface area contributed by atoms with Crippen molar-refractivity contribution in [2.45, 2.75) is 70.8 Å². The van der Waals surface area contributed by atoms with Crippen LogP contribution in [0.1, 0.15) is 62.3 Å². The number of rotatable bonds is 14. The molecule has 0 fully saturated rings. The van der Waals surface area contributed by atoms with Crippen LogP contribution in [-0.2, 0) is 28.9 Å². The zero-order valence-corrected chi connectivity index (χ0v) is 23.6. The van der Waals surface area contributed by atoms with Gasteiger partial charge in [-0.25, -0.2) is 4.68 Å². The molecule has 0 radical (unpaired) electrons. The summed E-state index contributed by atoms with van der Waals surface area (Å²) in [4.78, 5) is 29.2. The molecule has 4 rings (SSSR count). The number of aromatic nitrogens is 3. The van der Waals surface area contributed by atoms with Gasteiger partial charge in [-0.15, -0.1) is 0 Å². The molecule has 2 amide bonds. The van der Waals surface area contributed by atoms with Crippen molar-refractivity contribution < 1.29 is 14.7 Å². The first-order valence-corrected chi connectivity index (χ1v) is 14.4. The van der Waals surface area contributed by atoms with Gasteiger partial charge in [0, 0.05) is 18.3 Å². The van der Waals surface area contributed by atoms with Crippen LogP contribution in [-0.4, -0.2) is 37.7 Å². The van der Waals surface area contributed by atoms with Crippen LogP contribution in [0, 0.1) is 0 Å².